The summed E-state index contributed by atoms with van der Waals surface area (Å²) in [6.07, 6.45) is 3.69. The summed E-state index contributed by atoms with van der Waals surface area (Å²) in [6.45, 7) is 5.83. The maximum atomic E-state index is 11.8. The third-order valence-corrected chi connectivity index (χ3v) is 2.51. The van der Waals surface area contributed by atoms with Gasteiger partial charge in [-0.25, -0.2) is 0 Å². The van der Waals surface area contributed by atoms with Crippen molar-refractivity contribution in [3.05, 3.63) is 0 Å². The normalized spacial score (nSPS) is 12.5. The molecule has 0 aliphatic carbocycles. The maximum absolute atomic E-state index is 11.8. The fourth-order valence-corrected chi connectivity index (χ4v) is 1.78. The first-order valence-corrected chi connectivity index (χ1v) is 6.03. The predicted octanol–water partition coefficient (Wildman–Crippen LogP) is 2.18. The number of aliphatic carboxylic acids is 1. The summed E-state index contributed by atoms with van der Waals surface area (Å²) in [6, 6.07) is -0.291. The molecule has 1 amide bonds. The van der Waals surface area contributed by atoms with Gasteiger partial charge in [-0.05, 0) is 19.8 Å². The molecule has 0 saturated carbocycles. The zero-order valence-corrected chi connectivity index (χ0v) is 10.5. The van der Waals surface area contributed by atoms with Crippen LogP contribution in [0.3, 0.4) is 0 Å². The van der Waals surface area contributed by atoms with E-state index in [1.807, 2.05) is 0 Å². The first-order chi connectivity index (χ1) is 7.51. The SMILES string of the molecule is CCCC(CCC)C(=O)NC(C)CC(=O)O. The molecule has 94 valence electrons. The largest absolute Gasteiger partial charge is 0.481 e. The van der Waals surface area contributed by atoms with Gasteiger partial charge in [0.05, 0.1) is 6.42 Å². The molecular formula is C12H23NO3. The van der Waals surface area contributed by atoms with Crippen LogP contribution in [0.5, 0.6) is 0 Å². The average molecular weight is 229 g/mol. The van der Waals surface area contributed by atoms with E-state index >= 15 is 0 Å². The molecule has 0 saturated heterocycles. The minimum atomic E-state index is -0.879. The molecule has 1 unspecified atom stereocenters. The van der Waals surface area contributed by atoms with Gasteiger partial charge in [0.2, 0.25) is 5.91 Å². The Morgan fingerprint density at radius 2 is 1.69 bits per heavy atom. The van der Waals surface area contributed by atoms with Crippen molar-refractivity contribution in [1.29, 1.82) is 0 Å². The molecule has 0 aromatic carbocycles. The minimum absolute atomic E-state index is 0.00236. The van der Waals surface area contributed by atoms with E-state index in [0.717, 1.165) is 25.7 Å². The van der Waals surface area contributed by atoms with Crippen molar-refractivity contribution < 1.29 is 14.7 Å². The van der Waals surface area contributed by atoms with Crippen molar-refractivity contribution in [1.82, 2.24) is 5.32 Å². The Bertz CT molecular complexity index is 222. The summed E-state index contributed by atoms with van der Waals surface area (Å²) in [4.78, 5) is 22.3. The van der Waals surface area contributed by atoms with Gasteiger partial charge in [0.25, 0.3) is 0 Å². The Labute approximate surface area is 97.4 Å². The molecule has 16 heavy (non-hydrogen) atoms. The second kappa shape index (κ2) is 8.13. The van der Waals surface area contributed by atoms with Crippen molar-refractivity contribution in [3.8, 4) is 0 Å². The van der Waals surface area contributed by atoms with Crippen LogP contribution < -0.4 is 5.32 Å². The molecule has 0 aromatic heterocycles. The number of hydrogen-bond donors (Lipinski definition) is 2. The monoisotopic (exact) mass is 229 g/mol. The van der Waals surface area contributed by atoms with Crippen molar-refractivity contribution in [2.75, 3.05) is 0 Å². The van der Waals surface area contributed by atoms with E-state index in [-0.39, 0.29) is 24.3 Å². The van der Waals surface area contributed by atoms with Crippen molar-refractivity contribution in [3.63, 3.8) is 0 Å². The number of amides is 1. The maximum Gasteiger partial charge on any atom is 0.305 e. The highest BCUT2D eigenvalue weighted by atomic mass is 16.4. The standard InChI is InChI=1S/C12H23NO3/c1-4-6-10(7-5-2)12(16)13-9(3)8-11(14)15/h9-10H,4-8H2,1-3H3,(H,13,16)(H,14,15). The molecule has 0 spiro atoms. The topological polar surface area (TPSA) is 66.4 Å². The Kier molecular flexibility index (Phi) is 7.60. The molecule has 0 heterocycles. The number of hydrogen-bond acceptors (Lipinski definition) is 2. The zero-order valence-electron chi connectivity index (χ0n) is 10.5. The summed E-state index contributed by atoms with van der Waals surface area (Å²) in [7, 11) is 0. The third kappa shape index (κ3) is 6.43. The van der Waals surface area contributed by atoms with E-state index in [4.69, 9.17) is 5.11 Å². The first-order valence-electron chi connectivity index (χ1n) is 6.03. The van der Waals surface area contributed by atoms with E-state index in [1.165, 1.54) is 0 Å². The zero-order chi connectivity index (χ0) is 12.6. The fourth-order valence-electron chi connectivity index (χ4n) is 1.78. The highest BCUT2D eigenvalue weighted by molar-refractivity contribution is 5.79. The van der Waals surface area contributed by atoms with E-state index in [2.05, 4.69) is 19.2 Å². The lowest BCUT2D eigenvalue weighted by molar-refractivity contribution is -0.137. The lowest BCUT2D eigenvalue weighted by Gasteiger charge is -2.18. The van der Waals surface area contributed by atoms with Crippen molar-refractivity contribution in [2.24, 2.45) is 5.92 Å². The second-order valence-corrected chi connectivity index (χ2v) is 4.28. The summed E-state index contributed by atoms with van der Waals surface area (Å²) in [5.41, 5.74) is 0. The highest BCUT2D eigenvalue weighted by Gasteiger charge is 2.19. The van der Waals surface area contributed by atoms with Gasteiger partial charge in [-0.1, -0.05) is 26.7 Å². The predicted molar refractivity (Wildman–Crippen MR) is 63.2 cm³/mol. The fraction of sp³-hybridized carbons (Fsp3) is 0.833. The Morgan fingerprint density at radius 3 is 2.06 bits per heavy atom. The molecule has 0 bridgehead atoms. The summed E-state index contributed by atoms with van der Waals surface area (Å²) in [5.74, 6) is -0.848. The number of carbonyl (C=O) groups is 2. The van der Waals surface area contributed by atoms with Crippen LogP contribution in [0.25, 0.3) is 0 Å². The second-order valence-electron chi connectivity index (χ2n) is 4.28. The van der Waals surface area contributed by atoms with Crippen molar-refractivity contribution >= 4 is 11.9 Å². The van der Waals surface area contributed by atoms with Crippen LogP contribution in [0.1, 0.15) is 52.9 Å². The van der Waals surface area contributed by atoms with Gasteiger partial charge in [0, 0.05) is 12.0 Å². The number of carboxylic acid groups (broad SMARTS) is 1. The minimum Gasteiger partial charge on any atom is -0.481 e. The highest BCUT2D eigenvalue weighted by Crippen LogP contribution is 2.13. The van der Waals surface area contributed by atoms with Crippen LogP contribution in [0.15, 0.2) is 0 Å². The van der Waals surface area contributed by atoms with E-state index in [9.17, 15) is 9.59 Å². The molecule has 0 fully saturated rings. The molecule has 0 aliphatic rings. The molecular weight excluding hydrogens is 206 g/mol. The van der Waals surface area contributed by atoms with Gasteiger partial charge in [-0.3, -0.25) is 9.59 Å². The van der Waals surface area contributed by atoms with E-state index in [1.54, 1.807) is 6.92 Å². The van der Waals surface area contributed by atoms with Gasteiger partial charge in [-0.2, -0.15) is 0 Å². The Hall–Kier alpha value is -1.06. The quantitative estimate of drug-likeness (QED) is 0.670. The van der Waals surface area contributed by atoms with Gasteiger partial charge < -0.3 is 10.4 Å². The number of carboxylic acids is 1. The molecule has 4 nitrogen and oxygen atoms in total. The number of carbonyl (C=O) groups excluding carboxylic acids is 1. The van der Waals surface area contributed by atoms with Crippen LogP contribution in [-0.2, 0) is 9.59 Å². The molecule has 0 rings (SSSR count). The Morgan fingerprint density at radius 1 is 1.19 bits per heavy atom. The molecule has 0 aliphatic heterocycles. The van der Waals surface area contributed by atoms with Crippen LogP contribution in [0, 0.1) is 5.92 Å². The van der Waals surface area contributed by atoms with Crippen molar-refractivity contribution in [2.45, 2.75) is 58.9 Å². The smallest absolute Gasteiger partial charge is 0.305 e. The summed E-state index contributed by atoms with van der Waals surface area (Å²) in [5, 5.41) is 11.4. The Balaban J connectivity index is 4.12. The summed E-state index contributed by atoms with van der Waals surface area (Å²) < 4.78 is 0. The lowest BCUT2D eigenvalue weighted by Crippen LogP contribution is -2.38. The number of rotatable bonds is 8. The average Bonchev–Trinajstić information content (AvgIpc) is 2.15. The van der Waals surface area contributed by atoms with E-state index < -0.39 is 5.97 Å². The van der Waals surface area contributed by atoms with Crippen LogP contribution in [-0.4, -0.2) is 23.0 Å². The molecule has 0 aromatic rings. The van der Waals surface area contributed by atoms with Gasteiger partial charge >= 0.3 is 5.97 Å². The third-order valence-electron chi connectivity index (χ3n) is 2.51. The van der Waals surface area contributed by atoms with E-state index in [0.29, 0.717) is 0 Å². The van der Waals surface area contributed by atoms with Crippen LogP contribution in [0.4, 0.5) is 0 Å². The van der Waals surface area contributed by atoms with Gasteiger partial charge in [-0.15, -0.1) is 0 Å². The number of nitrogens with one attached hydrogen (secondary N) is 1. The lowest BCUT2D eigenvalue weighted by atomic mass is 9.97. The van der Waals surface area contributed by atoms with Gasteiger partial charge in [0.1, 0.15) is 0 Å². The molecule has 2 N–H and O–H groups in total. The first kappa shape index (κ1) is 14.9. The molecule has 1 atom stereocenters. The van der Waals surface area contributed by atoms with Crippen LogP contribution in [0.2, 0.25) is 0 Å². The van der Waals surface area contributed by atoms with Crippen LogP contribution >= 0.6 is 0 Å². The van der Waals surface area contributed by atoms with Gasteiger partial charge in [0.15, 0.2) is 0 Å². The molecule has 4 heteroatoms. The molecule has 0 radical (unpaired) electrons. The summed E-state index contributed by atoms with van der Waals surface area (Å²) >= 11 is 0.